The van der Waals surface area contributed by atoms with Gasteiger partial charge in [0.15, 0.2) is 0 Å². The third-order valence-electron chi connectivity index (χ3n) is 1.80. The Balaban J connectivity index is 0.000000293. The van der Waals surface area contributed by atoms with E-state index in [-0.39, 0.29) is 5.57 Å². The number of rotatable bonds is 3. The van der Waals surface area contributed by atoms with E-state index in [1.54, 1.807) is 24.8 Å². The summed E-state index contributed by atoms with van der Waals surface area (Å²) >= 11 is 0. The second-order valence-corrected chi connectivity index (χ2v) is 3.53. The van der Waals surface area contributed by atoms with Crippen LogP contribution in [0.1, 0.15) is 6.42 Å². The first-order chi connectivity index (χ1) is 10.0. The van der Waals surface area contributed by atoms with Crippen LogP contribution < -0.4 is 0 Å². The number of carboxylic acids is 2. The molecule has 110 valence electrons. The average molecular weight is 288 g/mol. The summed E-state index contributed by atoms with van der Waals surface area (Å²) in [4.78, 5) is 27.2. The SMILES string of the molecule is C=C(CC(=O)O)C(=O)O.c1ccncc1.c1ccncc1. The minimum atomic E-state index is -1.27. The van der Waals surface area contributed by atoms with Crippen LogP contribution in [0.5, 0.6) is 0 Å². The highest BCUT2D eigenvalue weighted by atomic mass is 16.4. The molecular formula is C15H16N2O4. The van der Waals surface area contributed by atoms with E-state index in [0.29, 0.717) is 0 Å². The molecule has 6 heteroatoms. The number of carboxylic acid groups (broad SMARTS) is 2. The molecule has 0 aromatic carbocycles. The zero-order valence-corrected chi connectivity index (χ0v) is 11.3. The fraction of sp³-hybridized carbons (Fsp3) is 0.0667. The molecule has 0 fully saturated rings. The van der Waals surface area contributed by atoms with E-state index >= 15 is 0 Å². The number of hydrogen-bond donors (Lipinski definition) is 2. The quantitative estimate of drug-likeness (QED) is 0.840. The lowest BCUT2D eigenvalue weighted by molar-refractivity contribution is -0.139. The van der Waals surface area contributed by atoms with Gasteiger partial charge in [0.2, 0.25) is 0 Å². The van der Waals surface area contributed by atoms with E-state index in [1.807, 2.05) is 36.4 Å². The van der Waals surface area contributed by atoms with Crippen molar-refractivity contribution in [3.63, 3.8) is 0 Å². The minimum absolute atomic E-state index is 0.303. The van der Waals surface area contributed by atoms with Gasteiger partial charge in [-0.2, -0.15) is 0 Å². The summed E-state index contributed by atoms with van der Waals surface area (Å²) in [6.45, 7) is 3.01. The summed E-state index contributed by atoms with van der Waals surface area (Å²) in [6, 6.07) is 11.4. The highest BCUT2D eigenvalue weighted by molar-refractivity contribution is 5.91. The first-order valence-corrected chi connectivity index (χ1v) is 5.87. The van der Waals surface area contributed by atoms with Gasteiger partial charge < -0.3 is 10.2 Å². The smallest absolute Gasteiger partial charge is 0.331 e. The first kappa shape index (κ1) is 18.0. The van der Waals surface area contributed by atoms with Crippen LogP contribution in [-0.2, 0) is 9.59 Å². The minimum Gasteiger partial charge on any atom is -0.481 e. The van der Waals surface area contributed by atoms with E-state index in [2.05, 4.69) is 16.5 Å². The number of aromatic nitrogens is 2. The number of nitrogens with zero attached hydrogens (tertiary/aromatic N) is 2. The number of aliphatic carboxylic acids is 2. The maximum absolute atomic E-state index is 9.87. The van der Waals surface area contributed by atoms with Gasteiger partial charge in [-0.1, -0.05) is 18.7 Å². The second-order valence-electron chi connectivity index (χ2n) is 3.53. The molecule has 0 aliphatic rings. The monoisotopic (exact) mass is 288 g/mol. The maximum Gasteiger partial charge on any atom is 0.331 e. The normalized spacial score (nSPS) is 8.19. The first-order valence-electron chi connectivity index (χ1n) is 5.87. The summed E-state index contributed by atoms with van der Waals surface area (Å²) in [5.74, 6) is -2.44. The molecule has 0 bridgehead atoms. The van der Waals surface area contributed by atoms with Crippen LogP contribution in [0.3, 0.4) is 0 Å². The Kier molecular flexibility index (Phi) is 10.3. The van der Waals surface area contributed by atoms with E-state index in [0.717, 1.165) is 0 Å². The van der Waals surface area contributed by atoms with Crippen LogP contribution in [-0.4, -0.2) is 32.1 Å². The molecule has 0 saturated carbocycles. The van der Waals surface area contributed by atoms with Crippen LogP contribution in [0.25, 0.3) is 0 Å². The van der Waals surface area contributed by atoms with Gasteiger partial charge >= 0.3 is 11.9 Å². The number of pyridine rings is 2. The summed E-state index contributed by atoms with van der Waals surface area (Å²) in [6.07, 6.45) is 6.50. The third-order valence-corrected chi connectivity index (χ3v) is 1.80. The van der Waals surface area contributed by atoms with Crippen molar-refractivity contribution in [2.75, 3.05) is 0 Å². The van der Waals surface area contributed by atoms with Gasteiger partial charge in [-0.15, -0.1) is 0 Å². The van der Waals surface area contributed by atoms with Crippen molar-refractivity contribution in [1.29, 1.82) is 0 Å². The van der Waals surface area contributed by atoms with Crippen molar-refractivity contribution in [1.82, 2.24) is 9.97 Å². The average Bonchev–Trinajstić information content (AvgIpc) is 2.51. The molecule has 0 spiro atoms. The molecule has 0 aliphatic heterocycles. The van der Waals surface area contributed by atoms with Gasteiger partial charge in [-0.3, -0.25) is 14.8 Å². The molecule has 21 heavy (non-hydrogen) atoms. The predicted molar refractivity (Wildman–Crippen MR) is 77.5 cm³/mol. The van der Waals surface area contributed by atoms with Crippen LogP contribution in [0.2, 0.25) is 0 Å². The molecule has 0 amide bonds. The topological polar surface area (TPSA) is 100 Å². The molecule has 0 radical (unpaired) electrons. The lowest BCUT2D eigenvalue weighted by Crippen LogP contribution is -2.04. The van der Waals surface area contributed by atoms with Crippen molar-refractivity contribution in [3.8, 4) is 0 Å². The molecule has 0 aliphatic carbocycles. The highest BCUT2D eigenvalue weighted by Crippen LogP contribution is 1.95. The summed E-state index contributed by atoms with van der Waals surface area (Å²) in [5, 5.41) is 16.1. The predicted octanol–water partition coefficient (Wildman–Crippen LogP) is 2.27. The zero-order chi connectivity index (χ0) is 15.9. The summed E-state index contributed by atoms with van der Waals surface area (Å²) < 4.78 is 0. The lowest BCUT2D eigenvalue weighted by Gasteiger charge is -1.91. The van der Waals surface area contributed by atoms with E-state index < -0.39 is 18.4 Å². The molecule has 0 saturated heterocycles. The van der Waals surface area contributed by atoms with Gasteiger partial charge in [0.25, 0.3) is 0 Å². The van der Waals surface area contributed by atoms with Crippen LogP contribution >= 0.6 is 0 Å². The molecule has 6 nitrogen and oxygen atoms in total. The molecule has 0 atom stereocenters. The van der Waals surface area contributed by atoms with E-state index in [9.17, 15) is 9.59 Å². The fourth-order valence-corrected chi connectivity index (χ4v) is 0.883. The van der Waals surface area contributed by atoms with Gasteiger partial charge in [-0.25, -0.2) is 4.79 Å². The van der Waals surface area contributed by atoms with Gasteiger partial charge in [0, 0.05) is 30.4 Å². The van der Waals surface area contributed by atoms with Gasteiger partial charge in [0.1, 0.15) is 0 Å². The molecule has 2 aromatic rings. The highest BCUT2D eigenvalue weighted by Gasteiger charge is 2.07. The molecule has 2 aromatic heterocycles. The number of carbonyl (C=O) groups is 2. The summed E-state index contributed by atoms with van der Waals surface area (Å²) in [5.41, 5.74) is -0.303. The maximum atomic E-state index is 9.87. The third kappa shape index (κ3) is 13.2. The van der Waals surface area contributed by atoms with Crippen molar-refractivity contribution >= 4 is 11.9 Å². The van der Waals surface area contributed by atoms with Crippen molar-refractivity contribution < 1.29 is 19.8 Å². The zero-order valence-electron chi connectivity index (χ0n) is 11.3. The van der Waals surface area contributed by atoms with Crippen molar-refractivity contribution in [2.45, 2.75) is 6.42 Å². The Bertz CT molecular complexity index is 445. The Hall–Kier alpha value is -3.02. The Morgan fingerprint density at radius 2 is 1.19 bits per heavy atom. The molecule has 2 rings (SSSR count). The standard InChI is InChI=1S/2C5H5N.C5H6O4/c2*1-2-4-6-5-3-1;1-3(5(8)9)2-4(6)7/h2*1-5H;1-2H2,(H,6,7)(H,8,9). The van der Waals surface area contributed by atoms with Gasteiger partial charge in [0.05, 0.1) is 6.42 Å². The molecule has 2 heterocycles. The molecule has 2 N–H and O–H groups in total. The van der Waals surface area contributed by atoms with Crippen LogP contribution in [0, 0.1) is 0 Å². The largest absolute Gasteiger partial charge is 0.481 e. The Morgan fingerprint density at radius 1 is 0.810 bits per heavy atom. The molecule has 0 unspecified atom stereocenters. The fourth-order valence-electron chi connectivity index (χ4n) is 0.883. The Morgan fingerprint density at radius 3 is 1.29 bits per heavy atom. The molecular weight excluding hydrogens is 272 g/mol. The van der Waals surface area contributed by atoms with Crippen LogP contribution in [0.4, 0.5) is 0 Å². The second kappa shape index (κ2) is 12.0. The van der Waals surface area contributed by atoms with Crippen molar-refractivity contribution in [2.24, 2.45) is 0 Å². The van der Waals surface area contributed by atoms with Crippen LogP contribution in [0.15, 0.2) is 73.3 Å². The van der Waals surface area contributed by atoms with E-state index in [4.69, 9.17) is 10.2 Å². The Labute approximate surface area is 122 Å². The number of hydrogen-bond acceptors (Lipinski definition) is 4. The van der Waals surface area contributed by atoms with E-state index in [1.165, 1.54) is 0 Å². The lowest BCUT2D eigenvalue weighted by atomic mass is 10.2. The van der Waals surface area contributed by atoms with Gasteiger partial charge in [-0.05, 0) is 24.3 Å². The summed E-state index contributed by atoms with van der Waals surface area (Å²) in [7, 11) is 0. The van der Waals surface area contributed by atoms with Crippen molar-refractivity contribution in [3.05, 3.63) is 73.3 Å².